The third-order valence-electron chi connectivity index (χ3n) is 3.09. The fourth-order valence-corrected chi connectivity index (χ4v) is 2.14. The van der Waals surface area contributed by atoms with Crippen LogP contribution in [0, 0.1) is 0 Å². The maximum atomic E-state index is 10.5. The van der Waals surface area contributed by atoms with E-state index >= 15 is 0 Å². The molecule has 0 fully saturated rings. The second-order valence-electron chi connectivity index (χ2n) is 4.25. The van der Waals surface area contributed by atoms with Crippen LogP contribution in [0.25, 0.3) is 0 Å². The molecule has 100 valence electrons. The molecule has 0 bridgehead atoms. The van der Waals surface area contributed by atoms with E-state index in [4.69, 9.17) is 9.47 Å². The summed E-state index contributed by atoms with van der Waals surface area (Å²) in [6.07, 6.45) is -1.17. The Bertz CT molecular complexity index is 506. The van der Waals surface area contributed by atoms with Gasteiger partial charge >= 0.3 is 0 Å². The van der Waals surface area contributed by atoms with E-state index in [1.54, 1.807) is 14.2 Å². The fraction of sp³-hybridized carbons (Fsp3) is 0.250. The first-order chi connectivity index (χ1) is 9.27. The quantitative estimate of drug-likeness (QED) is 0.838. The number of hydrogen-bond acceptors (Lipinski definition) is 3. The largest absolute Gasteiger partial charge is 0.384 e. The highest BCUT2D eigenvalue weighted by molar-refractivity contribution is 5.36. The average Bonchev–Trinajstić information content (AvgIpc) is 2.49. The molecule has 3 heteroatoms. The highest BCUT2D eigenvalue weighted by Crippen LogP contribution is 2.30. The molecule has 0 spiro atoms. The molecule has 2 rings (SSSR count). The fourth-order valence-electron chi connectivity index (χ4n) is 2.14. The van der Waals surface area contributed by atoms with Crippen LogP contribution in [0.1, 0.15) is 29.1 Å². The van der Waals surface area contributed by atoms with Gasteiger partial charge < -0.3 is 14.6 Å². The van der Waals surface area contributed by atoms with Crippen molar-refractivity contribution in [1.29, 1.82) is 0 Å². The van der Waals surface area contributed by atoms with Gasteiger partial charge in [-0.2, -0.15) is 0 Å². The van der Waals surface area contributed by atoms with Crippen molar-refractivity contribution in [2.24, 2.45) is 0 Å². The maximum absolute atomic E-state index is 10.5. The third-order valence-corrected chi connectivity index (χ3v) is 3.09. The Morgan fingerprint density at radius 1 is 0.789 bits per heavy atom. The van der Waals surface area contributed by atoms with Crippen LogP contribution >= 0.6 is 0 Å². The molecule has 2 aromatic carbocycles. The van der Waals surface area contributed by atoms with Gasteiger partial charge in [-0.15, -0.1) is 0 Å². The molecular formula is C16H18O3. The normalized spacial score (nSPS) is 12.6. The molecule has 0 amide bonds. The van der Waals surface area contributed by atoms with Gasteiger partial charge in [-0.1, -0.05) is 54.6 Å². The predicted octanol–water partition coefficient (Wildman–Crippen LogP) is 3.06. The Morgan fingerprint density at radius 3 is 1.89 bits per heavy atom. The summed E-state index contributed by atoms with van der Waals surface area (Å²) in [5.41, 5.74) is 2.48. The summed E-state index contributed by atoms with van der Waals surface area (Å²) >= 11 is 0. The van der Waals surface area contributed by atoms with Crippen LogP contribution in [0.15, 0.2) is 54.6 Å². The zero-order valence-corrected chi connectivity index (χ0v) is 11.1. The Kier molecular flexibility index (Phi) is 4.68. The van der Waals surface area contributed by atoms with Crippen molar-refractivity contribution >= 4 is 0 Å². The van der Waals surface area contributed by atoms with Crippen molar-refractivity contribution in [2.45, 2.75) is 12.4 Å². The number of methoxy groups -OCH3 is 2. The van der Waals surface area contributed by atoms with Crippen LogP contribution in [0.5, 0.6) is 0 Å². The SMILES string of the molecule is COC(OC)c1ccccc1C(O)c1ccccc1. The Morgan fingerprint density at radius 2 is 1.32 bits per heavy atom. The van der Waals surface area contributed by atoms with Gasteiger partial charge in [0.2, 0.25) is 0 Å². The van der Waals surface area contributed by atoms with Crippen LogP contribution in [-0.4, -0.2) is 19.3 Å². The Labute approximate surface area is 113 Å². The van der Waals surface area contributed by atoms with Gasteiger partial charge in [0.25, 0.3) is 0 Å². The first-order valence-electron chi connectivity index (χ1n) is 6.15. The molecule has 1 atom stereocenters. The number of rotatable bonds is 5. The topological polar surface area (TPSA) is 38.7 Å². The number of hydrogen-bond donors (Lipinski definition) is 1. The summed E-state index contributed by atoms with van der Waals surface area (Å²) in [7, 11) is 3.17. The first kappa shape index (κ1) is 13.7. The second-order valence-corrected chi connectivity index (χ2v) is 4.25. The standard InChI is InChI=1S/C16H18O3/c1-18-16(19-2)14-11-7-6-10-13(14)15(17)12-8-4-3-5-9-12/h3-11,15-17H,1-2H3. The molecule has 0 aliphatic carbocycles. The number of benzene rings is 2. The summed E-state index contributed by atoms with van der Waals surface area (Å²) in [4.78, 5) is 0. The van der Waals surface area contributed by atoms with Crippen molar-refractivity contribution in [2.75, 3.05) is 14.2 Å². The molecule has 1 N–H and O–H groups in total. The van der Waals surface area contributed by atoms with Crippen LogP contribution in [0.4, 0.5) is 0 Å². The van der Waals surface area contributed by atoms with Gasteiger partial charge in [-0.25, -0.2) is 0 Å². The van der Waals surface area contributed by atoms with E-state index in [0.29, 0.717) is 0 Å². The third kappa shape index (κ3) is 3.01. The van der Waals surface area contributed by atoms with Crippen molar-refractivity contribution < 1.29 is 14.6 Å². The monoisotopic (exact) mass is 258 g/mol. The molecule has 0 saturated heterocycles. The lowest BCUT2D eigenvalue weighted by Gasteiger charge is -2.21. The summed E-state index contributed by atoms with van der Waals surface area (Å²) < 4.78 is 10.6. The number of ether oxygens (including phenoxy) is 2. The van der Waals surface area contributed by atoms with Crippen molar-refractivity contribution in [1.82, 2.24) is 0 Å². The predicted molar refractivity (Wildman–Crippen MR) is 73.7 cm³/mol. The zero-order valence-electron chi connectivity index (χ0n) is 11.1. The van der Waals surface area contributed by atoms with Crippen molar-refractivity contribution in [3.05, 3.63) is 71.3 Å². The average molecular weight is 258 g/mol. The Hall–Kier alpha value is -1.68. The molecule has 0 heterocycles. The molecule has 2 aromatic rings. The number of aliphatic hydroxyl groups is 1. The van der Waals surface area contributed by atoms with Gasteiger partial charge in [0.15, 0.2) is 6.29 Å². The highest BCUT2D eigenvalue weighted by atomic mass is 16.7. The van der Waals surface area contributed by atoms with E-state index in [-0.39, 0.29) is 0 Å². The Balaban J connectivity index is 2.39. The molecule has 3 nitrogen and oxygen atoms in total. The minimum Gasteiger partial charge on any atom is -0.384 e. The minimum atomic E-state index is -0.690. The molecule has 19 heavy (non-hydrogen) atoms. The molecule has 1 unspecified atom stereocenters. The number of aliphatic hydroxyl groups excluding tert-OH is 1. The summed E-state index contributed by atoms with van der Waals surface area (Å²) in [6, 6.07) is 17.1. The van der Waals surface area contributed by atoms with Crippen LogP contribution in [-0.2, 0) is 9.47 Å². The zero-order chi connectivity index (χ0) is 13.7. The lowest BCUT2D eigenvalue weighted by atomic mass is 9.96. The van der Waals surface area contributed by atoms with Gasteiger partial charge in [0.05, 0.1) is 0 Å². The van der Waals surface area contributed by atoms with Crippen LogP contribution in [0.2, 0.25) is 0 Å². The van der Waals surface area contributed by atoms with E-state index in [0.717, 1.165) is 16.7 Å². The van der Waals surface area contributed by atoms with E-state index in [1.807, 2.05) is 54.6 Å². The van der Waals surface area contributed by atoms with E-state index in [2.05, 4.69) is 0 Å². The minimum absolute atomic E-state index is 0.477. The van der Waals surface area contributed by atoms with Gasteiger partial charge in [-0.3, -0.25) is 0 Å². The summed E-state index contributed by atoms with van der Waals surface area (Å²) in [5.74, 6) is 0. The highest BCUT2D eigenvalue weighted by Gasteiger charge is 2.19. The molecule has 0 aromatic heterocycles. The van der Waals surface area contributed by atoms with E-state index in [9.17, 15) is 5.11 Å². The molecular weight excluding hydrogens is 240 g/mol. The smallest absolute Gasteiger partial charge is 0.183 e. The summed E-state index contributed by atoms with van der Waals surface area (Å²) in [6.45, 7) is 0. The molecule has 0 saturated carbocycles. The van der Waals surface area contributed by atoms with Crippen molar-refractivity contribution in [3.8, 4) is 0 Å². The summed E-state index contributed by atoms with van der Waals surface area (Å²) in [5, 5.41) is 10.5. The molecule has 0 aliphatic heterocycles. The first-order valence-corrected chi connectivity index (χ1v) is 6.15. The second kappa shape index (κ2) is 6.48. The van der Waals surface area contributed by atoms with Crippen molar-refractivity contribution in [3.63, 3.8) is 0 Å². The van der Waals surface area contributed by atoms with Crippen LogP contribution < -0.4 is 0 Å². The van der Waals surface area contributed by atoms with Gasteiger partial charge in [0.1, 0.15) is 6.10 Å². The van der Waals surface area contributed by atoms with Gasteiger partial charge in [0, 0.05) is 19.8 Å². The lowest BCUT2D eigenvalue weighted by Crippen LogP contribution is -2.10. The lowest BCUT2D eigenvalue weighted by molar-refractivity contribution is -0.107. The van der Waals surface area contributed by atoms with Crippen LogP contribution in [0.3, 0.4) is 0 Å². The van der Waals surface area contributed by atoms with E-state index < -0.39 is 12.4 Å². The molecule has 0 radical (unpaired) electrons. The molecule has 0 aliphatic rings. The van der Waals surface area contributed by atoms with Gasteiger partial charge in [-0.05, 0) is 11.1 Å². The maximum Gasteiger partial charge on any atom is 0.183 e. The van der Waals surface area contributed by atoms with E-state index in [1.165, 1.54) is 0 Å².